The summed E-state index contributed by atoms with van der Waals surface area (Å²) < 4.78 is 24.3. The Morgan fingerprint density at radius 3 is 2.07 bits per heavy atom. The summed E-state index contributed by atoms with van der Waals surface area (Å²) in [6, 6.07) is 8.02. The number of fused-ring (bicyclic) bond motifs is 2. The van der Waals surface area contributed by atoms with Crippen LogP contribution >= 0.6 is 0 Å². The van der Waals surface area contributed by atoms with Crippen molar-refractivity contribution in [2.45, 2.75) is 81.5 Å². The van der Waals surface area contributed by atoms with E-state index in [0.717, 1.165) is 36.7 Å². The van der Waals surface area contributed by atoms with Crippen molar-refractivity contribution >= 4 is 29.2 Å². The summed E-state index contributed by atoms with van der Waals surface area (Å²) in [6.45, 7) is 8.18. The van der Waals surface area contributed by atoms with Crippen molar-refractivity contribution in [3.63, 3.8) is 0 Å². The van der Waals surface area contributed by atoms with Crippen molar-refractivity contribution in [1.29, 1.82) is 0 Å². The first-order chi connectivity index (χ1) is 12.7. The first kappa shape index (κ1) is 19.3. The molecule has 0 radical (unpaired) electrons. The molecule has 2 unspecified atom stereocenters. The Balaban J connectivity index is 1.39. The van der Waals surface area contributed by atoms with Crippen molar-refractivity contribution in [2.75, 3.05) is 0 Å². The Morgan fingerprint density at radius 2 is 1.56 bits per heavy atom. The molecule has 2 bridgehead atoms. The van der Waals surface area contributed by atoms with Gasteiger partial charge < -0.3 is 9.31 Å². The van der Waals surface area contributed by atoms with Gasteiger partial charge in [0, 0.05) is 33.6 Å². The van der Waals surface area contributed by atoms with Gasteiger partial charge in [0.15, 0.2) is 0 Å². The number of benzene rings is 1. The minimum Gasteiger partial charge on any atom is -0.399 e. The Hall–Kier alpha value is -0.975. The van der Waals surface area contributed by atoms with Gasteiger partial charge in [-0.15, -0.1) is 0 Å². The molecule has 1 aromatic carbocycles. The van der Waals surface area contributed by atoms with Crippen LogP contribution in [0.5, 0.6) is 0 Å². The molecule has 6 heteroatoms. The van der Waals surface area contributed by atoms with E-state index in [-0.39, 0.29) is 34.7 Å². The quantitative estimate of drug-likeness (QED) is 0.745. The molecule has 3 aliphatic heterocycles. The number of ketones is 1. The lowest BCUT2D eigenvalue weighted by Gasteiger charge is -2.32. The van der Waals surface area contributed by atoms with E-state index in [0.29, 0.717) is 12.2 Å². The lowest BCUT2D eigenvalue weighted by atomic mass is 9.78. The molecular weight excluding hydrogens is 359 g/mol. The van der Waals surface area contributed by atoms with Crippen molar-refractivity contribution in [3.05, 3.63) is 29.8 Å². The van der Waals surface area contributed by atoms with Crippen molar-refractivity contribution < 1.29 is 18.3 Å². The second-order valence-corrected chi connectivity index (χ2v) is 11.3. The minimum absolute atomic E-state index is 0.0861. The van der Waals surface area contributed by atoms with E-state index in [9.17, 15) is 9.00 Å². The fraction of sp³-hybridized carbons (Fsp3) is 0.667. The van der Waals surface area contributed by atoms with Gasteiger partial charge >= 0.3 is 7.12 Å². The van der Waals surface area contributed by atoms with E-state index < -0.39 is 10.8 Å². The number of Topliss-reactive ketones (excluding diaryl/α,β-unsaturated/α-hetero) is 1. The first-order valence-electron chi connectivity index (χ1n) is 10.0. The summed E-state index contributed by atoms with van der Waals surface area (Å²) in [4.78, 5) is 12.8. The van der Waals surface area contributed by atoms with Gasteiger partial charge in [-0.05, 0) is 64.4 Å². The Kier molecular flexibility index (Phi) is 4.89. The molecule has 3 aliphatic rings. The average Bonchev–Trinajstić information content (AvgIpc) is 2.94. The maximum atomic E-state index is 12.8. The number of hydrogen-bond donors (Lipinski definition) is 0. The summed E-state index contributed by atoms with van der Waals surface area (Å²) in [5.41, 5.74) is 1.30. The van der Waals surface area contributed by atoms with Crippen LogP contribution in [0, 0.1) is 5.92 Å². The van der Waals surface area contributed by atoms with Crippen LogP contribution in [0.25, 0.3) is 0 Å². The Morgan fingerprint density at radius 1 is 1.04 bits per heavy atom. The second-order valence-electron chi connectivity index (χ2n) is 9.29. The zero-order valence-corrected chi connectivity index (χ0v) is 17.5. The zero-order chi connectivity index (χ0) is 19.4. The normalized spacial score (nSPS) is 34.0. The maximum absolute atomic E-state index is 12.8. The number of hydrogen-bond acceptors (Lipinski definition) is 4. The predicted molar refractivity (Wildman–Crippen MR) is 109 cm³/mol. The van der Waals surface area contributed by atoms with Crippen LogP contribution in [-0.4, -0.2) is 38.8 Å². The van der Waals surface area contributed by atoms with Crippen LogP contribution in [0.3, 0.4) is 0 Å². The molecule has 0 N–H and O–H groups in total. The summed E-state index contributed by atoms with van der Waals surface area (Å²) >= 11 is 0. The Labute approximate surface area is 165 Å². The SMILES string of the molecule is CC1(C)OB(c2ccc(CC(=O)C3CC4CCC(C3)S4=O)cc2)OC1(C)C. The topological polar surface area (TPSA) is 52.6 Å². The third-order valence-corrected chi connectivity index (χ3v) is 9.07. The van der Waals surface area contributed by atoms with E-state index in [2.05, 4.69) is 0 Å². The molecule has 0 spiro atoms. The van der Waals surface area contributed by atoms with Gasteiger partial charge in [0.05, 0.1) is 11.2 Å². The molecule has 3 heterocycles. The molecule has 3 fully saturated rings. The van der Waals surface area contributed by atoms with Gasteiger partial charge in [-0.2, -0.15) is 0 Å². The fourth-order valence-corrected chi connectivity index (χ4v) is 6.54. The van der Waals surface area contributed by atoms with Crippen LogP contribution in [0.1, 0.15) is 58.9 Å². The maximum Gasteiger partial charge on any atom is 0.494 e. The third kappa shape index (κ3) is 3.56. The molecule has 2 atom stereocenters. The van der Waals surface area contributed by atoms with E-state index in [1.807, 2.05) is 52.0 Å². The molecular formula is C21H29BO4S. The molecule has 0 aliphatic carbocycles. The highest BCUT2D eigenvalue weighted by molar-refractivity contribution is 7.86. The number of rotatable bonds is 4. The average molecular weight is 388 g/mol. The molecule has 27 heavy (non-hydrogen) atoms. The highest BCUT2D eigenvalue weighted by atomic mass is 32.2. The standard InChI is InChI=1S/C21H29BO4S/c1-20(2)21(3,4)26-22(25-20)16-7-5-14(6-8-16)11-19(23)15-12-17-9-10-18(13-15)27(17)24/h5-8,15,17-18H,9-13H2,1-4H3. The largest absolute Gasteiger partial charge is 0.494 e. The summed E-state index contributed by atoms with van der Waals surface area (Å²) in [6.07, 6.45) is 4.15. The molecule has 0 aromatic heterocycles. The summed E-state index contributed by atoms with van der Waals surface area (Å²) in [5, 5.41) is 0.506. The van der Waals surface area contributed by atoms with E-state index in [1.54, 1.807) is 0 Å². The van der Waals surface area contributed by atoms with Crippen LogP contribution in [-0.2, 0) is 31.3 Å². The van der Waals surface area contributed by atoms with Gasteiger partial charge in [0.25, 0.3) is 0 Å². The minimum atomic E-state index is -0.700. The van der Waals surface area contributed by atoms with Crippen LogP contribution in [0.2, 0.25) is 0 Å². The van der Waals surface area contributed by atoms with Crippen molar-refractivity contribution in [3.8, 4) is 0 Å². The molecule has 0 amide bonds. The van der Waals surface area contributed by atoms with Gasteiger partial charge in [0.2, 0.25) is 0 Å². The monoisotopic (exact) mass is 388 g/mol. The molecule has 4 rings (SSSR count). The van der Waals surface area contributed by atoms with Crippen molar-refractivity contribution in [2.24, 2.45) is 5.92 Å². The molecule has 1 aromatic rings. The molecule has 146 valence electrons. The molecule has 4 nitrogen and oxygen atoms in total. The Bertz CT molecular complexity index is 726. The van der Waals surface area contributed by atoms with Crippen LogP contribution < -0.4 is 5.46 Å². The predicted octanol–water partition coefficient (Wildman–Crippen LogP) is 2.79. The smallest absolute Gasteiger partial charge is 0.399 e. The highest BCUT2D eigenvalue weighted by Gasteiger charge is 2.51. The number of carbonyl (C=O) groups is 1. The molecule has 3 saturated heterocycles. The van der Waals surface area contributed by atoms with Crippen LogP contribution in [0.4, 0.5) is 0 Å². The second kappa shape index (κ2) is 6.82. The van der Waals surface area contributed by atoms with Gasteiger partial charge in [-0.25, -0.2) is 0 Å². The van der Waals surface area contributed by atoms with Gasteiger partial charge in [-0.3, -0.25) is 9.00 Å². The van der Waals surface area contributed by atoms with Crippen LogP contribution in [0.15, 0.2) is 24.3 Å². The highest BCUT2D eigenvalue weighted by Crippen LogP contribution is 2.39. The van der Waals surface area contributed by atoms with Crippen molar-refractivity contribution in [1.82, 2.24) is 0 Å². The molecule has 0 saturated carbocycles. The van der Waals surface area contributed by atoms with Gasteiger partial charge in [-0.1, -0.05) is 24.3 Å². The first-order valence-corrected chi connectivity index (χ1v) is 11.3. The summed E-state index contributed by atoms with van der Waals surface area (Å²) in [5.74, 6) is 0.384. The lowest BCUT2D eigenvalue weighted by Crippen LogP contribution is -2.41. The van der Waals surface area contributed by atoms with E-state index >= 15 is 0 Å². The summed E-state index contributed by atoms with van der Waals surface area (Å²) in [7, 11) is -1.07. The zero-order valence-electron chi connectivity index (χ0n) is 16.7. The lowest BCUT2D eigenvalue weighted by molar-refractivity contribution is -0.122. The van der Waals surface area contributed by atoms with Gasteiger partial charge in [0.1, 0.15) is 5.78 Å². The third-order valence-electron chi connectivity index (χ3n) is 6.90. The van der Waals surface area contributed by atoms with E-state index in [4.69, 9.17) is 9.31 Å². The number of carbonyl (C=O) groups excluding carboxylic acids is 1. The fourth-order valence-electron chi connectivity index (χ4n) is 4.41. The van der Waals surface area contributed by atoms with E-state index in [1.165, 1.54) is 0 Å².